The Hall–Kier alpha value is -4.00. The summed E-state index contributed by atoms with van der Waals surface area (Å²) in [7, 11) is 0. The zero-order valence-electron chi connectivity index (χ0n) is 21.2. The fourth-order valence-corrected chi connectivity index (χ4v) is 6.03. The van der Waals surface area contributed by atoms with Gasteiger partial charge in [0.15, 0.2) is 11.0 Å². The Morgan fingerprint density at radius 2 is 1.58 bits per heavy atom. The van der Waals surface area contributed by atoms with Crippen molar-refractivity contribution in [2.24, 2.45) is 0 Å². The lowest BCUT2D eigenvalue weighted by molar-refractivity contribution is 0.122. The molecule has 8 nitrogen and oxygen atoms in total. The highest BCUT2D eigenvalue weighted by Crippen LogP contribution is 2.37. The number of hydrogen-bond donors (Lipinski definition) is 0. The minimum Gasteiger partial charge on any atom is -0.378 e. The van der Waals surface area contributed by atoms with Gasteiger partial charge in [0, 0.05) is 31.7 Å². The van der Waals surface area contributed by atoms with Gasteiger partial charge in [-0.1, -0.05) is 59.9 Å². The van der Waals surface area contributed by atoms with E-state index in [1.807, 2.05) is 59.2 Å². The van der Waals surface area contributed by atoms with Gasteiger partial charge in [-0.25, -0.2) is 4.98 Å². The summed E-state index contributed by atoms with van der Waals surface area (Å²) in [6.07, 6.45) is 5.55. The second kappa shape index (κ2) is 11.2. The van der Waals surface area contributed by atoms with Crippen molar-refractivity contribution in [1.82, 2.24) is 19.7 Å². The molecule has 0 radical (unpaired) electrons. The van der Waals surface area contributed by atoms with E-state index in [0.29, 0.717) is 24.6 Å². The van der Waals surface area contributed by atoms with E-state index in [-0.39, 0.29) is 0 Å². The summed E-state index contributed by atoms with van der Waals surface area (Å²) < 4.78 is 7.54. The molecule has 0 unspecified atom stereocenters. The van der Waals surface area contributed by atoms with Gasteiger partial charge in [0.25, 0.3) is 0 Å². The van der Waals surface area contributed by atoms with Crippen LogP contribution in [0.2, 0.25) is 0 Å². The van der Waals surface area contributed by atoms with Crippen molar-refractivity contribution in [2.75, 3.05) is 49.2 Å². The highest BCUT2D eigenvalue weighted by atomic mass is 32.1. The second-order valence-corrected chi connectivity index (χ2v) is 10.4. The Bertz CT molecular complexity index is 1440. The summed E-state index contributed by atoms with van der Waals surface area (Å²) in [6, 6.07) is 22.6. The van der Waals surface area contributed by atoms with Crippen LogP contribution in [0.1, 0.15) is 30.0 Å². The third-order valence-electron chi connectivity index (χ3n) is 6.91. The topological polar surface area (TPSA) is 83.1 Å². The number of para-hydroxylation sites is 1. The molecule has 192 valence electrons. The smallest absolute Gasteiger partial charge is 0.232 e. The molecule has 2 aromatic heterocycles. The summed E-state index contributed by atoms with van der Waals surface area (Å²) in [4.78, 5) is 10.6. The van der Waals surface area contributed by atoms with E-state index in [1.165, 1.54) is 19.3 Å². The van der Waals surface area contributed by atoms with Crippen molar-refractivity contribution in [1.29, 1.82) is 5.26 Å². The molecule has 4 aromatic rings. The quantitative estimate of drug-likeness (QED) is 0.318. The van der Waals surface area contributed by atoms with Gasteiger partial charge in [-0.3, -0.25) is 4.57 Å². The van der Waals surface area contributed by atoms with Crippen LogP contribution in [0.5, 0.6) is 0 Å². The summed E-state index contributed by atoms with van der Waals surface area (Å²) in [6.45, 7) is 4.75. The van der Waals surface area contributed by atoms with Crippen molar-refractivity contribution in [3.63, 3.8) is 0 Å². The first-order chi connectivity index (χ1) is 18.8. The highest BCUT2D eigenvalue weighted by Gasteiger charge is 2.25. The first-order valence-corrected chi connectivity index (χ1v) is 13.9. The van der Waals surface area contributed by atoms with Crippen LogP contribution in [0.3, 0.4) is 0 Å². The lowest BCUT2D eigenvalue weighted by Gasteiger charge is -2.28. The van der Waals surface area contributed by atoms with Gasteiger partial charge < -0.3 is 14.5 Å². The first-order valence-electron chi connectivity index (χ1n) is 13.1. The van der Waals surface area contributed by atoms with Crippen LogP contribution in [0.25, 0.3) is 28.6 Å². The summed E-state index contributed by atoms with van der Waals surface area (Å²) in [5, 5.41) is 20.5. The fraction of sp³-hybridized carbons (Fsp3) is 0.310. The van der Waals surface area contributed by atoms with Crippen LogP contribution in [0.4, 0.5) is 11.1 Å². The van der Waals surface area contributed by atoms with E-state index < -0.39 is 0 Å². The number of morpholine rings is 1. The van der Waals surface area contributed by atoms with Crippen LogP contribution in [-0.2, 0) is 4.74 Å². The molecular weight excluding hydrogens is 494 g/mol. The van der Waals surface area contributed by atoms with Crippen molar-refractivity contribution in [2.45, 2.75) is 19.3 Å². The monoisotopic (exact) mass is 523 g/mol. The van der Waals surface area contributed by atoms with Crippen molar-refractivity contribution < 1.29 is 4.74 Å². The summed E-state index contributed by atoms with van der Waals surface area (Å²) in [5.74, 6) is 1.24. The number of ether oxygens (including phenoxy) is 1. The molecule has 0 atom stereocenters. The lowest BCUT2D eigenvalue weighted by Crippen LogP contribution is -2.38. The number of thiazole rings is 1. The number of nitrogens with zero attached hydrogens (tertiary/aromatic N) is 7. The van der Waals surface area contributed by atoms with Crippen LogP contribution in [0, 0.1) is 11.3 Å². The molecule has 2 fully saturated rings. The molecule has 0 aliphatic carbocycles. The molecule has 0 N–H and O–H groups in total. The van der Waals surface area contributed by atoms with Gasteiger partial charge in [0.1, 0.15) is 6.07 Å². The molecule has 2 aromatic carbocycles. The van der Waals surface area contributed by atoms with E-state index in [1.54, 1.807) is 11.3 Å². The number of anilines is 2. The highest BCUT2D eigenvalue weighted by molar-refractivity contribution is 7.17. The zero-order valence-corrected chi connectivity index (χ0v) is 22.0. The SMILES string of the molecule is N#C/C(=C/c1sc(N2CCCCC2)nc1-c1ccccc1)c1nnc(N2CCOCC2)n1-c1ccccc1. The van der Waals surface area contributed by atoms with Gasteiger partial charge >= 0.3 is 0 Å². The molecule has 2 aliphatic rings. The van der Waals surface area contributed by atoms with Crippen molar-refractivity contribution >= 4 is 34.1 Å². The third kappa shape index (κ3) is 4.93. The van der Waals surface area contributed by atoms with E-state index in [2.05, 4.69) is 38.2 Å². The van der Waals surface area contributed by atoms with Crippen LogP contribution in [-0.4, -0.2) is 59.1 Å². The standard InChI is InChI=1S/C29H29N7OS/c30-21-23(27-32-33-28(34-16-18-37-19-17-34)36(27)24-12-6-2-7-13-24)20-25-26(22-10-4-1-5-11-22)31-29(38-25)35-14-8-3-9-15-35/h1-2,4-7,10-13,20H,3,8-9,14-19H2/b23-20-. The summed E-state index contributed by atoms with van der Waals surface area (Å²) >= 11 is 1.64. The Balaban J connectivity index is 1.47. The minimum absolute atomic E-state index is 0.451. The molecule has 9 heteroatoms. The second-order valence-electron chi connectivity index (χ2n) is 9.39. The number of hydrogen-bond acceptors (Lipinski definition) is 8. The zero-order chi connectivity index (χ0) is 25.7. The van der Waals surface area contributed by atoms with Gasteiger partial charge in [0.2, 0.25) is 5.95 Å². The van der Waals surface area contributed by atoms with Gasteiger partial charge in [-0.15, -0.1) is 10.2 Å². The fourth-order valence-electron chi connectivity index (χ4n) is 4.95. The molecule has 0 spiro atoms. The van der Waals surface area contributed by atoms with E-state index in [9.17, 15) is 5.26 Å². The molecular formula is C29H29N7OS. The normalized spacial score (nSPS) is 16.4. The molecule has 4 heterocycles. The van der Waals surface area contributed by atoms with Gasteiger partial charge in [-0.2, -0.15) is 5.26 Å². The average Bonchev–Trinajstić information content (AvgIpc) is 3.63. The molecule has 0 amide bonds. The number of nitriles is 1. The molecule has 0 bridgehead atoms. The average molecular weight is 524 g/mol. The Morgan fingerprint density at radius 1 is 0.868 bits per heavy atom. The van der Waals surface area contributed by atoms with Crippen molar-refractivity contribution in [3.8, 4) is 23.0 Å². The Morgan fingerprint density at radius 3 is 2.29 bits per heavy atom. The maximum absolute atomic E-state index is 10.4. The molecule has 0 saturated carbocycles. The summed E-state index contributed by atoms with van der Waals surface area (Å²) in [5.41, 5.74) is 3.29. The molecule has 6 rings (SSSR count). The Labute approximate surface area is 226 Å². The predicted octanol–water partition coefficient (Wildman–Crippen LogP) is 5.28. The maximum atomic E-state index is 10.4. The van der Waals surface area contributed by atoms with Crippen LogP contribution >= 0.6 is 11.3 Å². The number of benzene rings is 2. The number of piperidine rings is 1. The van der Waals surface area contributed by atoms with Crippen molar-refractivity contribution in [3.05, 3.63) is 71.4 Å². The number of allylic oxidation sites excluding steroid dienone is 1. The maximum Gasteiger partial charge on any atom is 0.232 e. The van der Waals surface area contributed by atoms with Crippen LogP contribution in [0.15, 0.2) is 60.7 Å². The van der Waals surface area contributed by atoms with E-state index in [4.69, 9.17) is 9.72 Å². The van der Waals surface area contributed by atoms with E-state index in [0.717, 1.165) is 59.1 Å². The Kier molecular flexibility index (Phi) is 7.16. The number of rotatable bonds is 6. The first kappa shape index (κ1) is 24.3. The molecule has 38 heavy (non-hydrogen) atoms. The minimum atomic E-state index is 0.451. The lowest BCUT2D eigenvalue weighted by atomic mass is 10.1. The van der Waals surface area contributed by atoms with E-state index >= 15 is 0 Å². The molecule has 2 saturated heterocycles. The predicted molar refractivity (Wildman–Crippen MR) is 151 cm³/mol. The van der Waals surface area contributed by atoms with Gasteiger partial charge in [0.05, 0.1) is 35.0 Å². The third-order valence-corrected chi connectivity index (χ3v) is 7.97. The largest absolute Gasteiger partial charge is 0.378 e. The van der Waals surface area contributed by atoms with Gasteiger partial charge in [-0.05, 0) is 37.5 Å². The number of aromatic nitrogens is 4. The molecule has 2 aliphatic heterocycles. The van der Waals surface area contributed by atoms with Crippen LogP contribution < -0.4 is 9.80 Å².